The Bertz CT molecular complexity index is 1280. The Kier molecular flexibility index (Phi) is 57.2. The summed E-state index contributed by atoms with van der Waals surface area (Å²) in [5, 5.41) is 0. The van der Waals surface area contributed by atoms with Crippen LogP contribution in [0.25, 0.3) is 0 Å². The molecule has 0 aliphatic rings. The van der Waals surface area contributed by atoms with Crippen molar-refractivity contribution in [3.05, 3.63) is 60.8 Å². The fourth-order valence-corrected chi connectivity index (χ4v) is 8.90. The molecule has 71 heavy (non-hydrogen) atoms. The van der Waals surface area contributed by atoms with Crippen molar-refractivity contribution in [3.63, 3.8) is 0 Å². The first-order chi connectivity index (χ1) is 35.0. The van der Waals surface area contributed by atoms with Crippen LogP contribution in [-0.4, -0.2) is 37.2 Å². The summed E-state index contributed by atoms with van der Waals surface area (Å²) < 4.78 is 16.7. The van der Waals surface area contributed by atoms with E-state index in [1.807, 2.05) is 0 Å². The maximum atomic E-state index is 12.8. The van der Waals surface area contributed by atoms with Crippen molar-refractivity contribution in [2.75, 3.05) is 13.2 Å². The van der Waals surface area contributed by atoms with Crippen LogP contribution >= 0.6 is 0 Å². The molecular weight excluding hydrogens is 877 g/mol. The highest BCUT2D eigenvalue weighted by Gasteiger charge is 2.19. The van der Waals surface area contributed by atoms with E-state index in [-0.39, 0.29) is 31.1 Å². The molecule has 0 fully saturated rings. The zero-order valence-corrected chi connectivity index (χ0v) is 47.2. The predicted molar refractivity (Wildman–Crippen MR) is 307 cm³/mol. The summed E-state index contributed by atoms with van der Waals surface area (Å²) in [5.74, 6) is -0.888. The highest BCUT2D eigenvalue weighted by Crippen LogP contribution is 2.17. The van der Waals surface area contributed by atoms with Crippen LogP contribution in [0, 0.1) is 0 Å². The van der Waals surface area contributed by atoms with Crippen molar-refractivity contribution < 1.29 is 28.6 Å². The lowest BCUT2D eigenvalue weighted by Gasteiger charge is -2.18. The maximum absolute atomic E-state index is 12.8. The molecule has 0 bridgehead atoms. The van der Waals surface area contributed by atoms with Gasteiger partial charge in [0.15, 0.2) is 6.10 Å². The minimum Gasteiger partial charge on any atom is -0.462 e. The number of hydrogen-bond donors (Lipinski definition) is 0. The number of rotatable bonds is 56. The Morgan fingerprint density at radius 2 is 0.549 bits per heavy atom. The lowest BCUT2D eigenvalue weighted by molar-refractivity contribution is -0.167. The minimum atomic E-state index is -0.774. The third kappa shape index (κ3) is 57.9. The Morgan fingerprint density at radius 1 is 0.296 bits per heavy atom. The van der Waals surface area contributed by atoms with Crippen LogP contribution in [0.3, 0.4) is 0 Å². The van der Waals surface area contributed by atoms with Crippen molar-refractivity contribution in [1.29, 1.82) is 0 Å². The minimum absolute atomic E-state index is 0.0757. The summed E-state index contributed by atoms with van der Waals surface area (Å²) in [6.45, 7) is 6.46. The zero-order valence-electron chi connectivity index (χ0n) is 47.2. The van der Waals surface area contributed by atoms with Gasteiger partial charge in [-0.1, -0.05) is 274 Å². The molecule has 0 spiro atoms. The van der Waals surface area contributed by atoms with Gasteiger partial charge in [-0.2, -0.15) is 0 Å². The highest BCUT2D eigenvalue weighted by atomic mass is 16.6. The second-order valence-corrected chi connectivity index (χ2v) is 20.6. The number of ether oxygens (including phenoxy) is 3. The second-order valence-electron chi connectivity index (χ2n) is 20.6. The molecule has 0 saturated heterocycles. The molecule has 6 nitrogen and oxygen atoms in total. The molecule has 0 N–H and O–H groups in total. The maximum Gasteiger partial charge on any atom is 0.306 e. The third-order valence-electron chi connectivity index (χ3n) is 13.5. The number of esters is 3. The van der Waals surface area contributed by atoms with Gasteiger partial charge in [0.2, 0.25) is 0 Å². The van der Waals surface area contributed by atoms with E-state index in [1.165, 1.54) is 180 Å². The molecule has 412 valence electrons. The number of carbonyl (C=O) groups excluding carboxylic acids is 3. The third-order valence-corrected chi connectivity index (χ3v) is 13.5. The van der Waals surface area contributed by atoms with Crippen LogP contribution < -0.4 is 0 Å². The molecule has 0 aromatic heterocycles. The lowest BCUT2D eigenvalue weighted by atomic mass is 10.0. The molecule has 0 amide bonds. The number of unbranched alkanes of at least 4 members (excludes halogenated alkanes) is 35. The summed E-state index contributed by atoms with van der Waals surface area (Å²) >= 11 is 0. The number of hydrogen-bond acceptors (Lipinski definition) is 6. The Morgan fingerprint density at radius 3 is 0.859 bits per heavy atom. The second kappa shape index (κ2) is 59.7. The molecule has 1 unspecified atom stereocenters. The topological polar surface area (TPSA) is 78.9 Å². The molecule has 1 atom stereocenters. The van der Waals surface area contributed by atoms with Gasteiger partial charge in [-0.15, -0.1) is 0 Å². The van der Waals surface area contributed by atoms with Gasteiger partial charge in [-0.05, 0) is 83.5 Å². The fraction of sp³-hybridized carbons (Fsp3) is 0.800. The first-order valence-corrected chi connectivity index (χ1v) is 30.8. The summed E-state index contributed by atoms with van der Waals surface area (Å²) in [4.78, 5) is 37.8. The van der Waals surface area contributed by atoms with Crippen molar-refractivity contribution >= 4 is 17.9 Å². The van der Waals surface area contributed by atoms with Crippen molar-refractivity contribution in [2.45, 2.75) is 322 Å². The van der Waals surface area contributed by atoms with Gasteiger partial charge in [0.25, 0.3) is 0 Å². The van der Waals surface area contributed by atoms with Crippen molar-refractivity contribution in [3.8, 4) is 0 Å². The SMILES string of the molecule is CC/C=C\C/C=C\C/C=C\CCCCCCCCCC(=O)OC(COC(=O)CCCCCCC)COC(=O)CCCCCCCCCCCCCCCCCCCCC/C=C\C/C=C\CCCCCCC. The monoisotopic (exact) mass is 993 g/mol. The van der Waals surface area contributed by atoms with Gasteiger partial charge in [-0.3, -0.25) is 14.4 Å². The van der Waals surface area contributed by atoms with Crippen LogP contribution in [-0.2, 0) is 28.6 Å². The van der Waals surface area contributed by atoms with Crippen molar-refractivity contribution in [2.24, 2.45) is 0 Å². The zero-order chi connectivity index (χ0) is 51.4. The van der Waals surface area contributed by atoms with E-state index in [2.05, 4.69) is 81.5 Å². The standard InChI is InChI=1S/C65H116O6/c1-4-7-10-13-15-17-19-21-23-25-26-27-28-29-30-31-32-33-34-35-36-37-38-40-41-43-45-47-49-52-55-58-64(67)70-61-62(60-69-63(66)57-54-51-12-9-6-3)71-65(68)59-56-53-50-48-46-44-42-39-24-22-20-18-16-14-11-8-5-2/h8,11,16,18-19,21-22,24-26,62H,4-7,9-10,12-15,17,20,23,27-61H2,1-3H3/b11-8-,18-16-,21-19-,24-22-,26-25-. The Balaban J connectivity index is 3.95. The van der Waals surface area contributed by atoms with Crippen molar-refractivity contribution in [1.82, 2.24) is 0 Å². The van der Waals surface area contributed by atoms with Crippen LogP contribution in [0.5, 0.6) is 0 Å². The molecule has 0 saturated carbocycles. The van der Waals surface area contributed by atoms with Gasteiger partial charge in [0, 0.05) is 19.3 Å². The van der Waals surface area contributed by atoms with E-state index in [4.69, 9.17) is 14.2 Å². The summed E-state index contributed by atoms with van der Waals surface area (Å²) in [6, 6.07) is 0. The van der Waals surface area contributed by atoms with E-state index >= 15 is 0 Å². The van der Waals surface area contributed by atoms with Gasteiger partial charge in [-0.25, -0.2) is 0 Å². The summed E-state index contributed by atoms with van der Waals surface area (Å²) in [6.07, 6.45) is 75.7. The van der Waals surface area contributed by atoms with Crippen LogP contribution in [0.4, 0.5) is 0 Å². The molecular formula is C65H116O6. The summed E-state index contributed by atoms with van der Waals surface area (Å²) in [7, 11) is 0. The number of carbonyl (C=O) groups is 3. The fourth-order valence-electron chi connectivity index (χ4n) is 8.90. The van der Waals surface area contributed by atoms with Gasteiger partial charge < -0.3 is 14.2 Å². The Labute approximate surface area is 440 Å². The van der Waals surface area contributed by atoms with E-state index in [9.17, 15) is 14.4 Å². The first kappa shape index (κ1) is 68.1. The van der Waals surface area contributed by atoms with E-state index in [0.29, 0.717) is 19.3 Å². The largest absolute Gasteiger partial charge is 0.462 e. The van der Waals surface area contributed by atoms with Gasteiger partial charge >= 0.3 is 17.9 Å². The molecule has 6 heteroatoms. The van der Waals surface area contributed by atoms with Gasteiger partial charge in [0.05, 0.1) is 0 Å². The van der Waals surface area contributed by atoms with Crippen LogP contribution in [0.1, 0.15) is 316 Å². The quantitative estimate of drug-likeness (QED) is 0.0261. The number of allylic oxidation sites excluding steroid dienone is 10. The lowest BCUT2D eigenvalue weighted by Crippen LogP contribution is -2.30. The van der Waals surface area contributed by atoms with E-state index in [1.54, 1.807) is 0 Å². The summed E-state index contributed by atoms with van der Waals surface area (Å²) in [5.41, 5.74) is 0. The van der Waals surface area contributed by atoms with Crippen LogP contribution in [0.2, 0.25) is 0 Å². The van der Waals surface area contributed by atoms with Crippen LogP contribution in [0.15, 0.2) is 60.8 Å². The molecule has 0 rings (SSSR count). The molecule has 0 aromatic rings. The van der Waals surface area contributed by atoms with E-state index in [0.717, 1.165) is 96.3 Å². The van der Waals surface area contributed by atoms with Gasteiger partial charge in [0.1, 0.15) is 13.2 Å². The smallest absolute Gasteiger partial charge is 0.306 e. The Hall–Kier alpha value is -2.89. The van der Waals surface area contributed by atoms with E-state index < -0.39 is 6.10 Å². The average Bonchev–Trinajstić information content (AvgIpc) is 3.37. The molecule has 0 aliphatic carbocycles. The molecule has 0 aliphatic heterocycles. The normalized spacial score (nSPS) is 12.4. The predicted octanol–water partition coefficient (Wildman–Crippen LogP) is 20.8. The average molecular weight is 994 g/mol. The highest BCUT2D eigenvalue weighted by molar-refractivity contribution is 5.71. The first-order valence-electron chi connectivity index (χ1n) is 30.8. The molecule has 0 radical (unpaired) electrons. The molecule has 0 aromatic carbocycles. The molecule has 0 heterocycles.